The van der Waals surface area contributed by atoms with Crippen molar-refractivity contribution in [3.8, 4) is 23.1 Å². The van der Waals surface area contributed by atoms with Crippen molar-refractivity contribution in [3.63, 3.8) is 0 Å². The van der Waals surface area contributed by atoms with Crippen LogP contribution < -0.4 is 16.0 Å². The van der Waals surface area contributed by atoms with Gasteiger partial charge in [-0.1, -0.05) is 6.07 Å². The van der Waals surface area contributed by atoms with E-state index in [2.05, 4.69) is 24.8 Å². The fourth-order valence-electron chi connectivity index (χ4n) is 3.92. The number of hydrogen-bond acceptors (Lipinski definition) is 6. The molecule has 9 nitrogen and oxygen atoms in total. The van der Waals surface area contributed by atoms with Gasteiger partial charge in [-0.2, -0.15) is 10.4 Å². The molecule has 3 heterocycles. The summed E-state index contributed by atoms with van der Waals surface area (Å²) >= 11 is 0. The first-order valence-corrected chi connectivity index (χ1v) is 9.70. The number of halogens is 3. The molecular weight excluding hydrogens is 441 g/mol. The number of ether oxygens (including phenoxy) is 1. The summed E-state index contributed by atoms with van der Waals surface area (Å²) in [6.07, 6.45) is 0.115. The van der Waals surface area contributed by atoms with Crippen LogP contribution in [0.25, 0.3) is 16.9 Å². The highest BCUT2D eigenvalue weighted by Crippen LogP contribution is 2.56. The van der Waals surface area contributed by atoms with Crippen molar-refractivity contribution in [2.24, 2.45) is 0 Å². The van der Waals surface area contributed by atoms with Gasteiger partial charge in [-0.05, 0) is 42.0 Å². The number of nitrogens with zero attached hydrogens (tertiary/aromatic N) is 4. The minimum Gasteiger partial charge on any atom is -0.404 e. The first-order chi connectivity index (χ1) is 15.7. The monoisotopic (exact) mass is 454 g/mol. The summed E-state index contributed by atoms with van der Waals surface area (Å²) in [7, 11) is 0. The molecule has 4 aromatic rings. The lowest BCUT2D eigenvalue weighted by Gasteiger charge is -2.12. The van der Waals surface area contributed by atoms with Crippen molar-refractivity contribution in [3.05, 3.63) is 80.4 Å². The number of H-pyrrole nitrogens is 2. The summed E-state index contributed by atoms with van der Waals surface area (Å²) in [5, 5.41) is 13.5. The number of aromatic nitrogens is 5. The number of benzene rings is 1. The molecule has 0 aliphatic heterocycles. The lowest BCUT2D eigenvalue weighted by Crippen LogP contribution is -2.23. The SMILES string of the molecule is N#Cc1ccc([C@H]2C[C@@H]2c2cc(-c3c[nH]c(=O)[nH]c3=O)nn3ccnc23)cc1OC(F)(F)F. The van der Waals surface area contributed by atoms with Gasteiger partial charge in [0.05, 0.1) is 16.8 Å². The van der Waals surface area contributed by atoms with E-state index in [1.165, 1.54) is 22.8 Å². The Kier molecular flexibility index (Phi) is 4.56. The normalized spacial score (nSPS) is 17.6. The van der Waals surface area contributed by atoms with Gasteiger partial charge in [0.25, 0.3) is 5.56 Å². The molecule has 5 rings (SSSR count). The Labute approximate surface area is 182 Å². The Morgan fingerprint density at radius 2 is 2.03 bits per heavy atom. The Balaban J connectivity index is 1.54. The van der Waals surface area contributed by atoms with Crippen LogP contribution in [0.5, 0.6) is 5.75 Å². The topological polar surface area (TPSA) is 129 Å². The average molecular weight is 454 g/mol. The quantitative estimate of drug-likeness (QED) is 0.488. The molecule has 0 amide bonds. The van der Waals surface area contributed by atoms with E-state index in [-0.39, 0.29) is 23.0 Å². The first kappa shape index (κ1) is 20.5. The van der Waals surface area contributed by atoms with Crippen molar-refractivity contribution in [1.29, 1.82) is 5.26 Å². The molecule has 0 unspecified atom stereocenters. The predicted octanol–water partition coefficient (Wildman–Crippen LogP) is 2.81. The maximum Gasteiger partial charge on any atom is 0.573 e. The van der Waals surface area contributed by atoms with E-state index in [4.69, 9.17) is 5.26 Å². The van der Waals surface area contributed by atoms with Crippen LogP contribution in [0.15, 0.2) is 52.4 Å². The molecule has 0 spiro atoms. The minimum absolute atomic E-state index is 0.106. The van der Waals surface area contributed by atoms with Gasteiger partial charge in [0.1, 0.15) is 11.8 Å². The number of aromatic amines is 2. The molecule has 0 saturated heterocycles. The molecule has 0 radical (unpaired) electrons. The highest BCUT2D eigenvalue weighted by atomic mass is 19.4. The van der Waals surface area contributed by atoms with Crippen LogP contribution in [0, 0.1) is 11.3 Å². The highest BCUT2D eigenvalue weighted by molar-refractivity contribution is 5.64. The number of nitrogens with one attached hydrogen (secondary N) is 2. The van der Waals surface area contributed by atoms with Gasteiger partial charge >= 0.3 is 12.1 Å². The van der Waals surface area contributed by atoms with Gasteiger partial charge in [0, 0.05) is 24.2 Å². The second-order valence-electron chi connectivity index (χ2n) is 7.53. The zero-order chi connectivity index (χ0) is 23.3. The average Bonchev–Trinajstić information content (AvgIpc) is 3.40. The van der Waals surface area contributed by atoms with Crippen LogP contribution in [0.4, 0.5) is 13.2 Å². The second kappa shape index (κ2) is 7.33. The maximum atomic E-state index is 12.8. The number of rotatable bonds is 4. The Morgan fingerprint density at radius 1 is 1.21 bits per heavy atom. The molecule has 12 heteroatoms. The highest BCUT2D eigenvalue weighted by Gasteiger charge is 2.42. The molecule has 2 atom stereocenters. The Morgan fingerprint density at radius 3 is 2.76 bits per heavy atom. The summed E-state index contributed by atoms with van der Waals surface area (Å²) in [6.45, 7) is 0. The van der Waals surface area contributed by atoms with Gasteiger partial charge in [-0.15, -0.1) is 13.2 Å². The largest absolute Gasteiger partial charge is 0.573 e. The maximum absolute atomic E-state index is 12.8. The number of imidazole rings is 1. The lowest BCUT2D eigenvalue weighted by molar-refractivity contribution is -0.274. The third kappa shape index (κ3) is 3.84. The molecule has 166 valence electrons. The number of hydrogen-bond donors (Lipinski definition) is 2. The molecule has 1 fully saturated rings. The van der Waals surface area contributed by atoms with Crippen molar-refractivity contribution in [2.75, 3.05) is 0 Å². The van der Waals surface area contributed by atoms with Crippen molar-refractivity contribution in [2.45, 2.75) is 24.6 Å². The fourth-order valence-corrected chi connectivity index (χ4v) is 3.92. The van der Waals surface area contributed by atoms with Crippen LogP contribution >= 0.6 is 0 Å². The third-order valence-electron chi connectivity index (χ3n) is 5.45. The van der Waals surface area contributed by atoms with Gasteiger partial charge in [0.2, 0.25) is 0 Å². The van der Waals surface area contributed by atoms with E-state index in [0.717, 1.165) is 5.56 Å². The van der Waals surface area contributed by atoms with Crippen LogP contribution in [0.3, 0.4) is 0 Å². The molecule has 1 aromatic carbocycles. The molecular formula is C21H13F3N6O3. The van der Waals surface area contributed by atoms with Gasteiger partial charge in [0.15, 0.2) is 5.65 Å². The Bertz CT molecular complexity index is 1550. The zero-order valence-electron chi connectivity index (χ0n) is 16.6. The summed E-state index contributed by atoms with van der Waals surface area (Å²) < 4.78 is 43.8. The molecule has 1 aliphatic carbocycles. The lowest BCUT2D eigenvalue weighted by atomic mass is 10.0. The van der Waals surface area contributed by atoms with E-state index < -0.39 is 23.4 Å². The van der Waals surface area contributed by atoms with Crippen LogP contribution in [-0.4, -0.2) is 30.9 Å². The van der Waals surface area contributed by atoms with Gasteiger partial charge in [-0.3, -0.25) is 9.78 Å². The van der Waals surface area contributed by atoms with Crippen LogP contribution in [0.2, 0.25) is 0 Å². The summed E-state index contributed by atoms with van der Waals surface area (Å²) in [6, 6.07) is 7.52. The van der Waals surface area contributed by atoms with E-state index in [0.29, 0.717) is 23.3 Å². The van der Waals surface area contributed by atoms with Crippen LogP contribution in [-0.2, 0) is 0 Å². The summed E-state index contributed by atoms with van der Waals surface area (Å²) in [5.41, 5.74) is 0.881. The van der Waals surface area contributed by atoms with Gasteiger partial charge in [-0.25, -0.2) is 14.3 Å². The summed E-state index contributed by atoms with van der Waals surface area (Å²) in [4.78, 5) is 32.4. The van der Waals surface area contributed by atoms with E-state index >= 15 is 0 Å². The van der Waals surface area contributed by atoms with E-state index in [1.54, 1.807) is 30.6 Å². The molecule has 33 heavy (non-hydrogen) atoms. The predicted molar refractivity (Wildman–Crippen MR) is 108 cm³/mol. The van der Waals surface area contributed by atoms with Crippen molar-refractivity contribution in [1.82, 2.24) is 24.6 Å². The molecule has 2 N–H and O–H groups in total. The Hall–Kier alpha value is -4.40. The molecule has 1 saturated carbocycles. The first-order valence-electron chi connectivity index (χ1n) is 9.70. The second-order valence-corrected chi connectivity index (χ2v) is 7.53. The molecule has 3 aromatic heterocycles. The van der Waals surface area contributed by atoms with Gasteiger partial charge < -0.3 is 9.72 Å². The van der Waals surface area contributed by atoms with E-state index in [1.807, 2.05) is 0 Å². The fraction of sp³-hybridized carbons (Fsp3) is 0.190. The number of fused-ring (bicyclic) bond motifs is 1. The van der Waals surface area contributed by atoms with E-state index in [9.17, 15) is 22.8 Å². The van der Waals surface area contributed by atoms with Crippen molar-refractivity contribution < 1.29 is 17.9 Å². The van der Waals surface area contributed by atoms with Crippen molar-refractivity contribution >= 4 is 5.65 Å². The summed E-state index contributed by atoms with van der Waals surface area (Å²) in [5.74, 6) is -0.794. The van der Waals surface area contributed by atoms with Crippen LogP contribution in [0.1, 0.15) is 34.9 Å². The standard InChI is InChI=1S/C21H13F3N6O3/c22-21(23,24)33-17-5-10(1-2-11(17)8-25)12-6-13(12)14-7-16(29-30-4-3-26-18(14)30)15-9-27-20(32)28-19(15)31/h1-5,7,9,12-13H,6H2,(H2,27,28,31,32)/t12-,13+/m1/s1. The third-order valence-corrected chi connectivity index (χ3v) is 5.45. The molecule has 1 aliphatic rings. The minimum atomic E-state index is -4.92. The number of nitriles is 1. The zero-order valence-corrected chi connectivity index (χ0v) is 16.6. The smallest absolute Gasteiger partial charge is 0.404 e. The number of alkyl halides is 3. The molecule has 0 bridgehead atoms.